The Hall–Kier alpha value is -0.120. The van der Waals surface area contributed by atoms with E-state index >= 15 is 0 Å². The molecule has 122 valence electrons. The van der Waals surface area contributed by atoms with Gasteiger partial charge in [-0.1, -0.05) is 33.1 Å². The molecular weight excluding hydrogens is 262 g/mol. The molecular formula is C18H33NO2. The number of rotatable bonds is 4. The quantitative estimate of drug-likeness (QED) is 0.861. The van der Waals surface area contributed by atoms with Crippen molar-refractivity contribution < 1.29 is 9.47 Å². The molecule has 0 aromatic heterocycles. The summed E-state index contributed by atoms with van der Waals surface area (Å²) in [6.45, 7) is 8.50. The third-order valence-electron chi connectivity index (χ3n) is 6.24. The summed E-state index contributed by atoms with van der Waals surface area (Å²) < 4.78 is 11.8. The molecule has 3 heteroatoms. The van der Waals surface area contributed by atoms with Gasteiger partial charge in [-0.05, 0) is 43.6 Å². The van der Waals surface area contributed by atoms with Gasteiger partial charge in [-0.2, -0.15) is 0 Å². The predicted molar refractivity (Wildman–Crippen MR) is 85.5 cm³/mol. The van der Waals surface area contributed by atoms with Crippen LogP contribution in [0, 0.1) is 11.3 Å². The van der Waals surface area contributed by atoms with E-state index in [1.165, 1.54) is 44.9 Å². The molecule has 3 fully saturated rings. The van der Waals surface area contributed by atoms with Crippen LogP contribution in [0.5, 0.6) is 0 Å². The van der Waals surface area contributed by atoms with Crippen molar-refractivity contribution in [2.75, 3.05) is 26.4 Å². The van der Waals surface area contributed by atoms with Gasteiger partial charge in [0.15, 0.2) is 0 Å². The van der Waals surface area contributed by atoms with Gasteiger partial charge in [0, 0.05) is 25.7 Å². The fourth-order valence-corrected chi connectivity index (χ4v) is 5.09. The Morgan fingerprint density at radius 1 is 1.14 bits per heavy atom. The second kappa shape index (κ2) is 6.55. The van der Waals surface area contributed by atoms with E-state index < -0.39 is 0 Å². The van der Waals surface area contributed by atoms with E-state index in [0.717, 1.165) is 38.7 Å². The minimum Gasteiger partial charge on any atom is -0.378 e. The zero-order valence-electron chi connectivity index (χ0n) is 14.0. The number of nitrogens with one attached hydrogen (secondary N) is 1. The van der Waals surface area contributed by atoms with E-state index in [1.807, 2.05) is 0 Å². The van der Waals surface area contributed by atoms with Crippen molar-refractivity contribution in [2.24, 2.45) is 11.3 Å². The summed E-state index contributed by atoms with van der Waals surface area (Å²) in [6.07, 6.45) is 10.6. The van der Waals surface area contributed by atoms with E-state index in [2.05, 4.69) is 19.2 Å². The number of hydrogen-bond acceptors (Lipinski definition) is 3. The molecule has 2 heterocycles. The topological polar surface area (TPSA) is 30.5 Å². The molecule has 3 unspecified atom stereocenters. The molecule has 0 radical (unpaired) electrons. The lowest BCUT2D eigenvalue weighted by Gasteiger charge is -2.49. The van der Waals surface area contributed by atoms with Crippen LogP contribution in [0.3, 0.4) is 0 Å². The first kappa shape index (κ1) is 15.8. The van der Waals surface area contributed by atoms with Crippen molar-refractivity contribution in [3.05, 3.63) is 0 Å². The van der Waals surface area contributed by atoms with Gasteiger partial charge < -0.3 is 14.8 Å². The number of ether oxygens (including phenoxy) is 2. The van der Waals surface area contributed by atoms with Crippen LogP contribution in [-0.4, -0.2) is 38.0 Å². The molecule has 2 saturated heterocycles. The molecule has 1 saturated carbocycles. The predicted octanol–water partition coefficient (Wildman–Crippen LogP) is 3.52. The fourth-order valence-electron chi connectivity index (χ4n) is 5.09. The standard InChI is InChI=1S/C18H33NO2/c1-3-19-16(17(2)8-5-4-6-9-17)15-7-11-21-18(13-15)10-12-20-14-18/h15-16,19H,3-14H2,1-2H3. The molecule has 3 atom stereocenters. The van der Waals surface area contributed by atoms with E-state index in [0.29, 0.717) is 11.5 Å². The third-order valence-corrected chi connectivity index (χ3v) is 6.24. The van der Waals surface area contributed by atoms with Gasteiger partial charge in [0.1, 0.15) is 0 Å². The third kappa shape index (κ3) is 3.30. The minimum absolute atomic E-state index is 0.0433. The van der Waals surface area contributed by atoms with Gasteiger partial charge in [-0.15, -0.1) is 0 Å². The Kier molecular flexibility index (Phi) is 4.92. The van der Waals surface area contributed by atoms with Crippen LogP contribution < -0.4 is 5.32 Å². The molecule has 1 spiro atoms. The summed E-state index contributed by atoms with van der Waals surface area (Å²) in [5, 5.41) is 3.87. The van der Waals surface area contributed by atoms with Gasteiger partial charge in [0.25, 0.3) is 0 Å². The van der Waals surface area contributed by atoms with Gasteiger partial charge in [-0.25, -0.2) is 0 Å². The highest BCUT2D eigenvalue weighted by molar-refractivity contribution is 4.99. The first-order valence-corrected chi connectivity index (χ1v) is 9.13. The van der Waals surface area contributed by atoms with E-state index in [-0.39, 0.29) is 5.60 Å². The molecule has 0 aromatic carbocycles. The molecule has 3 nitrogen and oxygen atoms in total. The Balaban J connectivity index is 1.73. The monoisotopic (exact) mass is 295 g/mol. The molecule has 2 aliphatic heterocycles. The molecule has 0 aromatic rings. The second-order valence-corrected chi connectivity index (χ2v) is 7.84. The first-order chi connectivity index (χ1) is 10.2. The molecule has 3 rings (SSSR count). The van der Waals surface area contributed by atoms with E-state index in [4.69, 9.17) is 9.47 Å². The molecule has 3 aliphatic rings. The lowest BCUT2D eigenvalue weighted by atomic mass is 9.64. The van der Waals surface area contributed by atoms with Crippen LogP contribution in [-0.2, 0) is 9.47 Å². The fraction of sp³-hybridized carbons (Fsp3) is 1.00. The van der Waals surface area contributed by atoms with Gasteiger partial charge >= 0.3 is 0 Å². The zero-order chi connectivity index (χ0) is 14.8. The lowest BCUT2D eigenvalue weighted by Crippen LogP contribution is -2.54. The smallest absolute Gasteiger partial charge is 0.0939 e. The Bertz CT molecular complexity index is 332. The maximum atomic E-state index is 6.15. The maximum absolute atomic E-state index is 6.15. The highest BCUT2D eigenvalue weighted by atomic mass is 16.6. The first-order valence-electron chi connectivity index (χ1n) is 9.13. The van der Waals surface area contributed by atoms with Gasteiger partial charge in [0.05, 0.1) is 12.2 Å². The summed E-state index contributed by atoms with van der Waals surface area (Å²) in [6, 6.07) is 0.657. The van der Waals surface area contributed by atoms with Crippen LogP contribution in [0.25, 0.3) is 0 Å². The van der Waals surface area contributed by atoms with Crippen molar-refractivity contribution in [2.45, 2.75) is 76.9 Å². The Morgan fingerprint density at radius 2 is 1.95 bits per heavy atom. The Morgan fingerprint density at radius 3 is 2.62 bits per heavy atom. The summed E-state index contributed by atoms with van der Waals surface area (Å²) >= 11 is 0. The summed E-state index contributed by atoms with van der Waals surface area (Å²) in [7, 11) is 0. The molecule has 0 bridgehead atoms. The van der Waals surface area contributed by atoms with Crippen LogP contribution in [0.2, 0.25) is 0 Å². The van der Waals surface area contributed by atoms with E-state index in [9.17, 15) is 0 Å². The average Bonchev–Trinajstić information content (AvgIpc) is 2.93. The van der Waals surface area contributed by atoms with Crippen molar-refractivity contribution in [3.8, 4) is 0 Å². The van der Waals surface area contributed by atoms with Crippen molar-refractivity contribution >= 4 is 0 Å². The van der Waals surface area contributed by atoms with Gasteiger partial charge in [0.2, 0.25) is 0 Å². The minimum atomic E-state index is 0.0433. The molecule has 21 heavy (non-hydrogen) atoms. The SMILES string of the molecule is CCNC(C1CCOC2(CCOC2)C1)C1(C)CCCCC1. The summed E-state index contributed by atoms with van der Waals surface area (Å²) in [4.78, 5) is 0. The van der Waals surface area contributed by atoms with Crippen LogP contribution in [0.4, 0.5) is 0 Å². The second-order valence-electron chi connectivity index (χ2n) is 7.84. The highest BCUT2D eigenvalue weighted by Crippen LogP contribution is 2.46. The number of hydrogen-bond donors (Lipinski definition) is 1. The van der Waals surface area contributed by atoms with E-state index in [1.54, 1.807) is 0 Å². The summed E-state index contributed by atoms with van der Waals surface area (Å²) in [5.74, 6) is 0.753. The van der Waals surface area contributed by atoms with Crippen molar-refractivity contribution in [1.82, 2.24) is 5.32 Å². The van der Waals surface area contributed by atoms with Crippen LogP contribution >= 0.6 is 0 Å². The zero-order valence-corrected chi connectivity index (χ0v) is 14.0. The highest BCUT2D eigenvalue weighted by Gasteiger charge is 2.47. The van der Waals surface area contributed by atoms with Crippen LogP contribution in [0.1, 0.15) is 65.2 Å². The Labute approximate surface area is 130 Å². The maximum Gasteiger partial charge on any atom is 0.0939 e. The van der Waals surface area contributed by atoms with Crippen LogP contribution in [0.15, 0.2) is 0 Å². The average molecular weight is 295 g/mol. The lowest BCUT2D eigenvalue weighted by molar-refractivity contribution is -0.111. The largest absolute Gasteiger partial charge is 0.378 e. The van der Waals surface area contributed by atoms with Gasteiger partial charge in [-0.3, -0.25) is 0 Å². The summed E-state index contributed by atoms with van der Waals surface area (Å²) in [5.41, 5.74) is 0.526. The van der Waals surface area contributed by atoms with Crippen molar-refractivity contribution in [1.29, 1.82) is 0 Å². The molecule has 1 aliphatic carbocycles. The molecule has 1 N–H and O–H groups in total. The van der Waals surface area contributed by atoms with Crippen molar-refractivity contribution in [3.63, 3.8) is 0 Å². The normalized spacial score (nSPS) is 37.7. The molecule has 0 amide bonds.